The first-order valence-corrected chi connectivity index (χ1v) is 17.9. The van der Waals surface area contributed by atoms with E-state index in [1.165, 1.54) is 41.5 Å². The van der Waals surface area contributed by atoms with Gasteiger partial charge in [0.15, 0.2) is 0 Å². The van der Waals surface area contributed by atoms with Gasteiger partial charge in [0.05, 0.1) is 22.1 Å². The van der Waals surface area contributed by atoms with Crippen molar-refractivity contribution < 1.29 is 140 Å². The maximum atomic E-state index is 9.26. The van der Waals surface area contributed by atoms with Gasteiger partial charge in [-0.1, -0.05) is 90.1 Å². The minimum Gasteiger partial charge on any atom is -0.550 e. The Morgan fingerprint density at radius 3 is 0.583 bits per heavy atom. The van der Waals surface area contributed by atoms with Gasteiger partial charge in [0, 0.05) is 82.1 Å². The summed E-state index contributed by atoms with van der Waals surface area (Å²) in [5.74, 6) is -5.97. The summed E-state index contributed by atoms with van der Waals surface area (Å²) >= 11 is 0. The number of aliphatic carboxylic acids is 6. The number of aromatic nitrogens is 4. The van der Waals surface area contributed by atoms with Crippen molar-refractivity contribution >= 4 is 79.4 Å². The monoisotopic (exact) mass is 1100 g/mol. The molecular weight excluding hydrogens is 1050 g/mol. The van der Waals surface area contributed by atoms with Crippen molar-refractivity contribution in [1.29, 1.82) is 0 Å². The van der Waals surface area contributed by atoms with E-state index >= 15 is 0 Å². The zero-order valence-corrected chi connectivity index (χ0v) is 39.2. The molecule has 0 aliphatic rings. The van der Waals surface area contributed by atoms with Crippen LogP contribution in [0.2, 0.25) is 0 Å². The number of benzene rings is 2. The maximum absolute atomic E-state index is 9.26. The van der Waals surface area contributed by atoms with Gasteiger partial charge in [-0.15, -0.1) is 0 Å². The summed E-state index contributed by atoms with van der Waals surface area (Å²) in [6.07, 6.45) is 7.87. The molecular formula is C42H46N4O12Sm2. The van der Waals surface area contributed by atoms with Crippen molar-refractivity contribution in [3.63, 3.8) is 0 Å². The topological polar surface area (TPSA) is 292 Å². The Kier molecular flexibility index (Phi) is 40.2. The van der Waals surface area contributed by atoms with Crippen LogP contribution < -0.4 is 30.6 Å². The number of pyridine rings is 4. The van der Waals surface area contributed by atoms with Gasteiger partial charge < -0.3 is 59.4 Å². The summed E-state index contributed by atoms with van der Waals surface area (Å²) in [4.78, 5) is 72.9. The number of carboxylic acids is 6. The molecule has 0 saturated heterocycles. The number of fused-ring (bicyclic) bond motifs is 6. The van der Waals surface area contributed by atoms with Crippen LogP contribution in [0.1, 0.15) is 80.1 Å². The fourth-order valence-electron chi connectivity index (χ4n) is 3.36. The van der Waals surface area contributed by atoms with E-state index in [1.807, 2.05) is 24.3 Å². The minimum atomic E-state index is -0.995. The van der Waals surface area contributed by atoms with Gasteiger partial charge in [-0.05, 0) is 62.8 Å². The number of carbonyl (C=O) groups excluding carboxylic acids is 6. The summed E-state index contributed by atoms with van der Waals surface area (Å²) in [6, 6.07) is 24.3. The third-order valence-corrected chi connectivity index (χ3v) is 6.42. The molecule has 2 aromatic carbocycles. The van der Waals surface area contributed by atoms with Crippen LogP contribution >= 0.6 is 0 Å². The van der Waals surface area contributed by atoms with Gasteiger partial charge in [0.1, 0.15) is 0 Å². The van der Waals surface area contributed by atoms with Crippen LogP contribution in [0.4, 0.5) is 0 Å². The molecule has 4 aromatic heterocycles. The van der Waals surface area contributed by atoms with Crippen molar-refractivity contribution in [3.05, 3.63) is 97.6 Å². The third-order valence-electron chi connectivity index (χ3n) is 6.42. The second-order valence-electron chi connectivity index (χ2n) is 10.8. The molecule has 60 heavy (non-hydrogen) atoms. The van der Waals surface area contributed by atoms with Crippen LogP contribution in [-0.2, 0) is 28.8 Å². The first-order valence-electron chi connectivity index (χ1n) is 17.9. The van der Waals surface area contributed by atoms with E-state index in [-0.39, 0.29) is 119 Å². The predicted octanol–water partition coefficient (Wildman–Crippen LogP) is 0.444. The second-order valence-corrected chi connectivity index (χ2v) is 10.8. The molecule has 2 radical (unpaired) electrons. The third kappa shape index (κ3) is 30.6. The maximum Gasteiger partial charge on any atom is 3.00 e. The number of hydrogen-bond donors (Lipinski definition) is 0. The quantitative estimate of drug-likeness (QED) is 0.205. The zero-order chi connectivity index (χ0) is 44.5. The van der Waals surface area contributed by atoms with Crippen molar-refractivity contribution in [2.75, 3.05) is 0 Å². The van der Waals surface area contributed by atoms with Crippen molar-refractivity contribution in [2.24, 2.45) is 0 Å². The number of carboxylic acid groups (broad SMARTS) is 6. The SMILES string of the molecule is CCC(=O)[O-].CCC(=O)[O-].CCC(=O)[O-].CCC(=O)[O-].CCC(=O)[O-].CCC(=O)[O-].[Sm+3].[Sm+3].c1cnc2c(c1)ccc1cccnc12.c1cnc2c(c1)ccc1cccnc12. The number of carbonyl (C=O) groups is 6. The van der Waals surface area contributed by atoms with Gasteiger partial charge in [-0.25, -0.2) is 0 Å². The molecule has 318 valence electrons. The fourth-order valence-corrected chi connectivity index (χ4v) is 3.36. The normalized spacial score (nSPS) is 8.77. The molecule has 6 rings (SSSR count). The van der Waals surface area contributed by atoms with Gasteiger partial charge in [-0.2, -0.15) is 0 Å². The zero-order valence-electron chi connectivity index (χ0n) is 34.0. The van der Waals surface area contributed by atoms with Crippen LogP contribution in [0.15, 0.2) is 97.6 Å². The molecule has 4 heterocycles. The Bertz CT molecular complexity index is 1840. The Morgan fingerprint density at radius 2 is 0.467 bits per heavy atom. The average Bonchev–Trinajstić information content (AvgIpc) is 3.24. The van der Waals surface area contributed by atoms with Crippen molar-refractivity contribution in [1.82, 2.24) is 19.9 Å². The fraction of sp³-hybridized carbons (Fsp3) is 0.286. The average molecular weight is 1100 g/mol. The largest absolute Gasteiger partial charge is 3.00 e. The first-order chi connectivity index (χ1) is 27.5. The Labute approximate surface area is 413 Å². The number of nitrogens with zero attached hydrogens (tertiary/aromatic N) is 4. The minimum absolute atomic E-state index is 0. The molecule has 6 aromatic rings. The van der Waals surface area contributed by atoms with E-state index in [0.29, 0.717) is 0 Å². The van der Waals surface area contributed by atoms with Gasteiger partial charge >= 0.3 is 80.8 Å². The van der Waals surface area contributed by atoms with Crippen LogP contribution in [0, 0.1) is 80.8 Å². The van der Waals surface area contributed by atoms with E-state index in [4.69, 9.17) is 0 Å². The molecule has 0 fully saturated rings. The summed E-state index contributed by atoms with van der Waals surface area (Å²) in [6.45, 7) is 9.22. The van der Waals surface area contributed by atoms with Crippen molar-refractivity contribution in [2.45, 2.75) is 80.1 Å². The smallest absolute Gasteiger partial charge is 0.550 e. The van der Waals surface area contributed by atoms with E-state index < -0.39 is 35.8 Å². The predicted molar refractivity (Wildman–Crippen MR) is 206 cm³/mol. The summed E-state index contributed by atoms with van der Waals surface area (Å²) in [5, 5.41) is 60.1. The second kappa shape index (κ2) is 38.8. The molecule has 0 aliphatic carbocycles. The Morgan fingerprint density at radius 1 is 0.333 bits per heavy atom. The Balaban J connectivity index is -0.000000317. The summed E-state index contributed by atoms with van der Waals surface area (Å²) in [5.41, 5.74) is 3.91. The van der Waals surface area contributed by atoms with Crippen molar-refractivity contribution in [3.8, 4) is 0 Å². The van der Waals surface area contributed by atoms with Crippen LogP contribution in [-0.4, -0.2) is 55.8 Å². The molecule has 0 unspecified atom stereocenters. The molecule has 0 saturated carbocycles. The van der Waals surface area contributed by atoms with E-state index in [0.717, 1.165) is 43.6 Å². The molecule has 0 atom stereocenters. The molecule has 0 spiro atoms. The van der Waals surface area contributed by atoms with E-state index in [9.17, 15) is 59.4 Å². The van der Waals surface area contributed by atoms with Gasteiger partial charge in [0.25, 0.3) is 0 Å². The van der Waals surface area contributed by atoms with Crippen LogP contribution in [0.25, 0.3) is 43.6 Å². The Hall–Kier alpha value is -4.42. The number of hydrogen-bond acceptors (Lipinski definition) is 16. The molecule has 0 N–H and O–H groups in total. The number of rotatable bonds is 6. The molecule has 0 amide bonds. The van der Waals surface area contributed by atoms with Crippen LogP contribution in [0.5, 0.6) is 0 Å². The molecule has 18 heteroatoms. The standard InChI is InChI=1S/2C12H8N2.6C3H6O2.2Sm/c2*1-3-9-5-6-10-4-2-8-14-12(10)11(9)13-7-1;6*1-2-3(4)5;;/h2*1-8H;6*2H2,1H3,(H,4,5);;/q;;;;;;;;2*+3/p-6. The van der Waals surface area contributed by atoms with Gasteiger partial charge in [-0.3, -0.25) is 19.9 Å². The van der Waals surface area contributed by atoms with E-state index in [1.54, 1.807) is 24.8 Å². The van der Waals surface area contributed by atoms with Crippen LogP contribution in [0.3, 0.4) is 0 Å². The molecule has 0 bridgehead atoms. The molecule has 0 aliphatic heterocycles. The summed E-state index contributed by atoms with van der Waals surface area (Å²) < 4.78 is 0. The van der Waals surface area contributed by atoms with Gasteiger partial charge in [0.2, 0.25) is 0 Å². The van der Waals surface area contributed by atoms with E-state index in [2.05, 4.69) is 68.5 Å². The first kappa shape index (κ1) is 62.2. The summed E-state index contributed by atoms with van der Waals surface area (Å²) in [7, 11) is 0. The molecule has 16 nitrogen and oxygen atoms in total.